The molecule has 0 aliphatic carbocycles. The number of carbonyl (C=O) groups is 2. The molecule has 0 aliphatic rings. The lowest BCUT2D eigenvalue weighted by Crippen LogP contribution is -2.29. The van der Waals surface area contributed by atoms with Crippen LogP contribution in [0.3, 0.4) is 0 Å². The topological polar surface area (TPSA) is 76.0 Å². The Kier molecular flexibility index (Phi) is 5.80. The smallest absolute Gasteiger partial charge is 0.226 e. The highest BCUT2D eigenvalue weighted by molar-refractivity contribution is 7.10. The Labute approximate surface area is 155 Å². The molecule has 1 atom stereocenters. The van der Waals surface area contributed by atoms with Gasteiger partial charge in [0.05, 0.1) is 19.0 Å². The molecule has 2 aromatic heterocycles. The van der Waals surface area contributed by atoms with Crippen LogP contribution in [0, 0.1) is 0 Å². The first-order valence-corrected chi connectivity index (χ1v) is 9.15. The van der Waals surface area contributed by atoms with Crippen molar-refractivity contribution in [3.05, 3.63) is 70.7 Å². The molecule has 3 rings (SSSR count). The minimum Gasteiger partial charge on any atom is -0.348 e. The summed E-state index contributed by atoms with van der Waals surface area (Å²) in [6.45, 7) is 2.14. The summed E-state index contributed by atoms with van der Waals surface area (Å²) < 4.78 is 1.84. The molecule has 2 amide bonds. The fourth-order valence-electron chi connectivity index (χ4n) is 2.63. The van der Waals surface area contributed by atoms with Crippen molar-refractivity contribution in [1.82, 2.24) is 15.1 Å². The van der Waals surface area contributed by atoms with Crippen molar-refractivity contribution < 1.29 is 9.59 Å². The van der Waals surface area contributed by atoms with E-state index in [0.29, 0.717) is 6.54 Å². The molecular formula is C19H20N4O2S. The van der Waals surface area contributed by atoms with Gasteiger partial charge in [-0.2, -0.15) is 5.10 Å². The third-order valence-corrected chi connectivity index (χ3v) is 4.78. The zero-order valence-electron chi connectivity index (χ0n) is 14.4. The van der Waals surface area contributed by atoms with Crippen molar-refractivity contribution in [3.63, 3.8) is 0 Å². The van der Waals surface area contributed by atoms with Gasteiger partial charge >= 0.3 is 0 Å². The van der Waals surface area contributed by atoms with Crippen LogP contribution in [0.4, 0.5) is 5.69 Å². The molecule has 134 valence electrons. The van der Waals surface area contributed by atoms with Gasteiger partial charge < -0.3 is 10.6 Å². The SMILES string of the molecule is CC(=O)NC(CC(=O)Nc1ccc(Cn2cccn2)cc1)c1cccs1. The molecule has 26 heavy (non-hydrogen) atoms. The first-order chi connectivity index (χ1) is 12.6. The number of hydrogen-bond acceptors (Lipinski definition) is 4. The van der Waals surface area contributed by atoms with Crippen molar-refractivity contribution in [2.24, 2.45) is 0 Å². The fourth-order valence-corrected chi connectivity index (χ4v) is 3.41. The van der Waals surface area contributed by atoms with Crippen LogP contribution in [0.5, 0.6) is 0 Å². The third-order valence-electron chi connectivity index (χ3n) is 3.80. The predicted molar refractivity (Wildman–Crippen MR) is 102 cm³/mol. The van der Waals surface area contributed by atoms with Crippen LogP contribution in [0.15, 0.2) is 60.2 Å². The van der Waals surface area contributed by atoms with Crippen molar-refractivity contribution >= 4 is 28.8 Å². The number of anilines is 1. The normalized spacial score (nSPS) is 11.7. The summed E-state index contributed by atoms with van der Waals surface area (Å²) in [4.78, 5) is 24.7. The van der Waals surface area contributed by atoms with Crippen LogP contribution in [0.25, 0.3) is 0 Å². The van der Waals surface area contributed by atoms with E-state index in [-0.39, 0.29) is 24.3 Å². The zero-order chi connectivity index (χ0) is 18.4. The number of amides is 2. The highest BCUT2D eigenvalue weighted by Gasteiger charge is 2.18. The Morgan fingerprint density at radius 3 is 2.62 bits per heavy atom. The summed E-state index contributed by atoms with van der Waals surface area (Å²) in [5.41, 5.74) is 1.83. The maximum Gasteiger partial charge on any atom is 0.226 e. The molecule has 0 radical (unpaired) electrons. The van der Waals surface area contributed by atoms with Gasteiger partial charge in [0, 0.05) is 29.9 Å². The molecule has 7 heteroatoms. The number of rotatable bonds is 7. The van der Waals surface area contributed by atoms with Crippen LogP contribution < -0.4 is 10.6 Å². The Morgan fingerprint density at radius 2 is 2.00 bits per heavy atom. The van der Waals surface area contributed by atoms with E-state index < -0.39 is 0 Å². The van der Waals surface area contributed by atoms with Gasteiger partial charge in [0.1, 0.15) is 0 Å². The lowest BCUT2D eigenvalue weighted by molar-refractivity contribution is -0.120. The second-order valence-electron chi connectivity index (χ2n) is 5.92. The van der Waals surface area contributed by atoms with E-state index >= 15 is 0 Å². The van der Waals surface area contributed by atoms with Crippen LogP contribution in [-0.2, 0) is 16.1 Å². The molecule has 0 bridgehead atoms. The van der Waals surface area contributed by atoms with Crippen molar-refractivity contribution in [1.29, 1.82) is 0 Å². The molecule has 6 nitrogen and oxygen atoms in total. The number of benzene rings is 1. The van der Waals surface area contributed by atoms with Crippen molar-refractivity contribution in [2.75, 3.05) is 5.32 Å². The van der Waals surface area contributed by atoms with Gasteiger partial charge in [-0.05, 0) is 35.2 Å². The van der Waals surface area contributed by atoms with E-state index in [1.165, 1.54) is 18.3 Å². The van der Waals surface area contributed by atoms with Crippen LogP contribution in [-0.4, -0.2) is 21.6 Å². The molecule has 2 heterocycles. The summed E-state index contributed by atoms with van der Waals surface area (Å²) in [7, 11) is 0. The minimum absolute atomic E-state index is 0.142. The maximum absolute atomic E-state index is 12.4. The second-order valence-corrected chi connectivity index (χ2v) is 6.90. The summed E-state index contributed by atoms with van der Waals surface area (Å²) >= 11 is 1.52. The molecule has 0 saturated heterocycles. The summed E-state index contributed by atoms with van der Waals surface area (Å²) in [6, 6.07) is 13.1. The molecule has 3 aromatic rings. The first kappa shape index (κ1) is 17.9. The Balaban J connectivity index is 1.58. The van der Waals surface area contributed by atoms with Gasteiger partial charge in [0.25, 0.3) is 0 Å². The van der Waals surface area contributed by atoms with Crippen LogP contribution in [0.1, 0.15) is 29.8 Å². The molecule has 1 unspecified atom stereocenters. The lowest BCUT2D eigenvalue weighted by atomic mass is 10.1. The fraction of sp³-hybridized carbons (Fsp3) is 0.211. The molecule has 0 aliphatic heterocycles. The maximum atomic E-state index is 12.4. The molecule has 0 fully saturated rings. The van der Waals surface area contributed by atoms with Crippen molar-refractivity contribution in [3.8, 4) is 0 Å². The van der Waals surface area contributed by atoms with Gasteiger partial charge in [-0.15, -0.1) is 11.3 Å². The van der Waals surface area contributed by atoms with Crippen LogP contribution >= 0.6 is 11.3 Å². The Hall–Kier alpha value is -2.93. The van der Waals surface area contributed by atoms with E-state index in [2.05, 4.69) is 15.7 Å². The van der Waals surface area contributed by atoms with E-state index in [1.54, 1.807) is 6.20 Å². The number of nitrogens with zero attached hydrogens (tertiary/aromatic N) is 2. The number of nitrogens with one attached hydrogen (secondary N) is 2. The monoisotopic (exact) mass is 368 g/mol. The van der Waals surface area contributed by atoms with Crippen LogP contribution in [0.2, 0.25) is 0 Å². The first-order valence-electron chi connectivity index (χ1n) is 8.27. The van der Waals surface area contributed by atoms with E-state index in [9.17, 15) is 9.59 Å². The molecular weight excluding hydrogens is 348 g/mol. The van der Waals surface area contributed by atoms with E-state index in [0.717, 1.165) is 16.1 Å². The predicted octanol–water partition coefficient (Wildman–Crippen LogP) is 3.20. The van der Waals surface area contributed by atoms with Crippen molar-refractivity contribution in [2.45, 2.75) is 25.9 Å². The zero-order valence-corrected chi connectivity index (χ0v) is 15.2. The van der Waals surface area contributed by atoms with Gasteiger partial charge in [0.2, 0.25) is 11.8 Å². The largest absolute Gasteiger partial charge is 0.348 e. The number of carbonyl (C=O) groups excluding carboxylic acids is 2. The van der Waals surface area contributed by atoms with E-state index in [1.807, 2.05) is 58.7 Å². The number of aromatic nitrogens is 2. The van der Waals surface area contributed by atoms with Gasteiger partial charge in [-0.25, -0.2) is 0 Å². The molecule has 0 saturated carbocycles. The number of hydrogen-bond donors (Lipinski definition) is 2. The molecule has 1 aromatic carbocycles. The number of thiophene rings is 1. The Morgan fingerprint density at radius 1 is 1.19 bits per heavy atom. The summed E-state index contributed by atoms with van der Waals surface area (Å²) in [6.07, 6.45) is 3.84. The highest BCUT2D eigenvalue weighted by Crippen LogP contribution is 2.23. The average molecular weight is 368 g/mol. The lowest BCUT2D eigenvalue weighted by Gasteiger charge is -2.16. The molecule has 2 N–H and O–H groups in total. The highest BCUT2D eigenvalue weighted by atomic mass is 32.1. The second kappa shape index (κ2) is 8.44. The Bertz CT molecular complexity index is 842. The third kappa shape index (κ3) is 5.03. The summed E-state index contributed by atoms with van der Waals surface area (Å²) in [5.74, 6) is -0.295. The average Bonchev–Trinajstić information content (AvgIpc) is 3.29. The van der Waals surface area contributed by atoms with Gasteiger partial charge in [-0.3, -0.25) is 14.3 Å². The van der Waals surface area contributed by atoms with E-state index in [4.69, 9.17) is 0 Å². The molecule has 0 spiro atoms. The minimum atomic E-state index is -0.313. The van der Waals surface area contributed by atoms with Gasteiger partial charge in [-0.1, -0.05) is 18.2 Å². The summed E-state index contributed by atoms with van der Waals surface area (Å²) in [5, 5.41) is 11.8. The standard InChI is InChI=1S/C19H20N4O2S/c1-14(24)21-17(18-4-2-11-26-18)12-19(25)22-16-7-5-15(6-8-16)13-23-10-3-9-20-23/h2-11,17H,12-13H2,1H3,(H,21,24)(H,22,25). The van der Waals surface area contributed by atoms with Gasteiger partial charge in [0.15, 0.2) is 0 Å². The quantitative estimate of drug-likeness (QED) is 0.672.